The molecule has 0 spiro atoms. The van der Waals surface area contributed by atoms with E-state index in [-0.39, 0.29) is 16.3 Å². The summed E-state index contributed by atoms with van der Waals surface area (Å²) in [5.74, 6) is -1.02. The van der Waals surface area contributed by atoms with Crippen LogP contribution in [0.1, 0.15) is 0 Å². The maximum absolute atomic E-state index is 11.5. The van der Waals surface area contributed by atoms with Gasteiger partial charge in [-0.15, -0.1) is 0 Å². The Kier molecular flexibility index (Phi) is 4.66. The van der Waals surface area contributed by atoms with E-state index < -0.39 is 26.6 Å². The largest absolute Gasteiger partial charge is 0.506 e. The highest BCUT2D eigenvalue weighted by molar-refractivity contribution is 7.89. The van der Waals surface area contributed by atoms with E-state index in [1.807, 2.05) is 0 Å². The van der Waals surface area contributed by atoms with Gasteiger partial charge in [-0.3, -0.25) is 5.41 Å². The summed E-state index contributed by atoms with van der Waals surface area (Å²) in [7, 11) is -4.09. The number of halogens is 1. The number of anilines is 1. The molecule has 0 atom stereocenters. The van der Waals surface area contributed by atoms with Gasteiger partial charge in [0.15, 0.2) is 6.19 Å². The molecule has 0 unspecified atom stereocenters. The monoisotopic (exact) mass is 365 g/mol. The number of benzene rings is 2. The van der Waals surface area contributed by atoms with Gasteiger partial charge in [-0.05, 0) is 23.8 Å². The highest BCUT2D eigenvalue weighted by Gasteiger charge is 2.19. The van der Waals surface area contributed by atoms with Gasteiger partial charge < -0.3 is 10.8 Å². The fourth-order valence-corrected chi connectivity index (χ4v) is 2.99. The molecule has 0 aromatic heterocycles. The van der Waals surface area contributed by atoms with Crippen LogP contribution >= 0.6 is 11.6 Å². The van der Waals surface area contributed by atoms with Crippen molar-refractivity contribution in [1.29, 1.82) is 10.7 Å². The molecule has 0 fully saturated rings. The van der Waals surface area contributed by atoms with E-state index in [1.165, 1.54) is 36.4 Å². The number of nitriles is 1. The Morgan fingerprint density at radius 1 is 1.33 bits per heavy atom. The van der Waals surface area contributed by atoms with Crippen molar-refractivity contribution in [3.63, 3.8) is 0 Å². The molecule has 2 rings (SSSR count). The number of aromatic hydroxyl groups is 1. The van der Waals surface area contributed by atoms with Gasteiger partial charge in [0.05, 0.1) is 10.7 Å². The number of phenols is 1. The van der Waals surface area contributed by atoms with Gasteiger partial charge in [0.2, 0.25) is 16.0 Å². The van der Waals surface area contributed by atoms with Crippen LogP contribution in [0.15, 0.2) is 41.3 Å². The summed E-state index contributed by atoms with van der Waals surface area (Å²) in [5, 5.41) is 31.6. The van der Waals surface area contributed by atoms with Crippen LogP contribution in [0.3, 0.4) is 0 Å². The molecule has 0 amide bonds. The quantitative estimate of drug-likeness (QED) is 0.279. The predicted octanol–water partition coefficient (Wildman–Crippen LogP) is 1.54. The van der Waals surface area contributed by atoms with Gasteiger partial charge in [0, 0.05) is 5.56 Å². The van der Waals surface area contributed by atoms with Crippen LogP contribution in [0, 0.1) is 16.9 Å². The van der Waals surface area contributed by atoms with Crippen LogP contribution < -0.4 is 15.8 Å². The normalized spacial score (nSPS) is 10.9. The van der Waals surface area contributed by atoms with Crippen molar-refractivity contribution in [3.8, 4) is 23.1 Å². The van der Waals surface area contributed by atoms with Gasteiger partial charge >= 0.3 is 0 Å². The van der Waals surface area contributed by atoms with Crippen molar-refractivity contribution in [2.24, 2.45) is 10.9 Å². The van der Waals surface area contributed by atoms with Gasteiger partial charge in [0.1, 0.15) is 10.6 Å². The lowest BCUT2D eigenvalue weighted by atomic mass is 10.0. The highest BCUT2D eigenvalue weighted by Crippen LogP contribution is 2.37. The zero-order valence-corrected chi connectivity index (χ0v) is 13.6. The standard InChI is InChI=1S/C14H12ClN5O3S/c15-10-6-8(4-5-11(10)20(7-16)14(17)18)9-2-1-3-12(13(9)21)24(19,22)23/h1-6,21H,(H3,17,18)(H2,19,22,23). The van der Waals surface area contributed by atoms with Crippen molar-refractivity contribution in [3.05, 3.63) is 41.4 Å². The lowest BCUT2D eigenvalue weighted by molar-refractivity contribution is 0.461. The molecule has 24 heavy (non-hydrogen) atoms. The first-order valence-electron chi connectivity index (χ1n) is 6.35. The molecule has 2 aromatic rings. The molecular formula is C14H12ClN5O3S. The summed E-state index contributed by atoms with van der Waals surface area (Å²) in [6.45, 7) is 0. The van der Waals surface area contributed by atoms with E-state index in [1.54, 1.807) is 6.19 Å². The fourth-order valence-electron chi connectivity index (χ4n) is 2.08. The molecule has 2 aromatic carbocycles. The summed E-state index contributed by atoms with van der Waals surface area (Å²) in [5.41, 5.74) is 6.07. The number of rotatable bonds is 3. The summed E-state index contributed by atoms with van der Waals surface area (Å²) in [4.78, 5) is 0.398. The second kappa shape index (κ2) is 6.37. The number of phenolic OH excluding ortho intramolecular Hbond substituents is 1. The number of guanidine groups is 1. The number of nitrogens with zero attached hydrogens (tertiary/aromatic N) is 2. The van der Waals surface area contributed by atoms with Crippen LogP contribution in [-0.4, -0.2) is 19.5 Å². The third kappa shape index (κ3) is 3.26. The average molecular weight is 366 g/mol. The molecule has 0 aliphatic carbocycles. The molecule has 8 nitrogen and oxygen atoms in total. The van der Waals surface area contributed by atoms with Crippen molar-refractivity contribution in [2.75, 3.05) is 4.90 Å². The second-order valence-electron chi connectivity index (χ2n) is 4.68. The van der Waals surface area contributed by atoms with Gasteiger partial charge in [-0.25, -0.2) is 18.5 Å². The first kappa shape index (κ1) is 17.6. The van der Waals surface area contributed by atoms with E-state index in [4.69, 9.17) is 33.1 Å². The van der Waals surface area contributed by atoms with Crippen LogP contribution in [0.5, 0.6) is 5.75 Å². The molecular weight excluding hydrogens is 354 g/mol. The molecule has 0 saturated heterocycles. The molecule has 0 aliphatic heterocycles. The number of hydrogen-bond acceptors (Lipinski definition) is 5. The molecule has 0 bridgehead atoms. The van der Waals surface area contributed by atoms with E-state index >= 15 is 0 Å². The van der Waals surface area contributed by atoms with E-state index in [0.717, 1.165) is 4.90 Å². The van der Waals surface area contributed by atoms with Crippen LogP contribution in [0.25, 0.3) is 11.1 Å². The molecule has 0 saturated carbocycles. The zero-order chi connectivity index (χ0) is 18.1. The number of nitrogens with one attached hydrogen (secondary N) is 1. The lowest BCUT2D eigenvalue weighted by Crippen LogP contribution is -2.32. The van der Waals surface area contributed by atoms with Gasteiger partial charge in [0.25, 0.3) is 0 Å². The summed E-state index contributed by atoms with van der Waals surface area (Å²) < 4.78 is 22.9. The lowest BCUT2D eigenvalue weighted by Gasteiger charge is -2.16. The predicted molar refractivity (Wildman–Crippen MR) is 89.9 cm³/mol. The number of primary sulfonamides is 1. The Labute approximate surface area is 143 Å². The number of para-hydroxylation sites is 1. The minimum Gasteiger partial charge on any atom is -0.506 e. The maximum Gasteiger partial charge on any atom is 0.241 e. The van der Waals surface area contributed by atoms with Crippen molar-refractivity contribution >= 4 is 33.3 Å². The highest BCUT2D eigenvalue weighted by atomic mass is 35.5. The van der Waals surface area contributed by atoms with Crippen LogP contribution in [0.4, 0.5) is 5.69 Å². The molecule has 6 N–H and O–H groups in total. The van der Waals surface area contributed by atoms with E-state index in [2.05, 4.69) is 0 Å². The summed E-state index contributed by atoms with van der Waals surface area (Å²) >= 11 is 6.11. The Morgan fingerprint density at radius 2 is 2.00 bits per heavy atom. The van der Waals surface area contributed by atoms with Crippen molar-refractivity contribution in [1.82, 2.24) is 0 Å². The molecule has 0 radical (unpaired) electrons. The zero-order valence-electron chi connectivity index (χ0n) is 12.1. The van der Waals surface area contributed by atoms with E-state index in [0.29, 0.717) is 5.56 Å². The third-order valence-corrected chi connectivity index (χ3v) is 4.39. The molecule has 0 heterocycles. The minimum atomic E-state index is -4.09. The van der Waals surface area contributed by atoms with Gasteiger partial charge in [-0.2, -0.15) is 5.26 Å². The summed E-state index contributed by atoms with van der Waals surface area (Å²) in [6.07, 6.45) is 1.71. The maximum atomic E-state index is 11.5. The Hall–Kier alpha value is -2.80. The molecule has 0 aliphatic rings. The smallest absolute Gasteiger partial charge is 0.241 e. The second-order valence-corrected chi connectivity index (χ2v) is 6.62. The minimum absolute atomic E-state index is 0.0876. The van der Waals surface area contributed by atoms with Crippen LogP contribution in [-0.2, 0) is 10.0 Å². The first-order chi connectivity index (χ1) is 11.2. The Balaban J connectivity index is 2.59. The molecule has 10 heteroatoms. The Bertz CT molecular complexity index is 969. The number of nitrogens with two attached hydrogens (primary N) is 2. The number of hydrogen-bond donors (Lipinski definition) is 4. The first-order valence-corrected chi connectivity index (χ1v) is 8.28. The number of sulfonamides is 1. The van der Waals surface area contributed by atoms with Crippen molar-refractivity contribution < 1.29 is 13.5 Å². The van der Waals surface area contributed by atoms with E-state index in [9.17, 15) is 13.5 Å². The van der Waals surface area contributed by atoms with Crippen LogP contribution in [0.2, 0.25) is 5.02 Å². The van der Waals surface area contributed by atoms with Crippen molar-refractivity contribution in [2.45, 2.75) is 4.90 Å². The summed E-state index contributed by atoms with van der Waals surface area (Å²) in [6, 6.07) is 8.42. The topological polar surface area (TPSA) is 157 Å². The molecule has 124 valence electrons. The Morgan fingerprint density at radius 3 is 2.50 bits per heavy atom. The SMILES string of the molecule is N#CN(C(=N)N)c1ccc(-c2cccc(S(N)(=O)=O)c2O)cc1Cl. The third-order valence-electron chi connectivity index (χ3n) is 3.15. The fraction of sp³-hybridized carbons (Fsp3) is 0. The van der Waals surface area contributed by atoms with Gasteiger partial charge in [-0.1, -0.05) is 29.8 Å². The average Bonchev–Trinajstić information content (AvgIpc) is 2.48.